The predicted octanol–water partition coefficient (Wildman–Crippen LogP) is 4.15. The van der Waals surface area contributed by atoms with E-state index in [4.69, 9.17) is 0 Å². The molecule has 5 nitrogen and oxygen atoms in total. The van der Waals surface area contributed by atoms with Gasteiger partial charge in [-0.1, -0.05) is 30.3 Å². The van der Waals surface area contributed by atoms with Crippen molar-refractivity contribution in [1.29, 1.82) is 0 Å². The summed E-state index contributed by atoms with van der Waals surface area (Å²) < 4.78 is 15.8. The molecule has 1 aliphatic rings. The third kappa shape index (κ3) is 4.08. The molecule has 0 radical (unpaired) electrons. The number of piperidine rings is 1. The van der Waals surface area contributed by atoms with Crippen molar-refractivity contribution < 1.29 is 9.18 Å². The van der Waals surface area contributed by atoms with Gasteiger partial charge in [0.05, 0.1) is 28.8 Å². The smallest absolute Gasteiger partial charge is 0.259 e. The molecule has 28 heavy (non-hydrogen) atoms. The number of rotatable bonds is 4. The molecule has 1 amide bonds. The number of amides is 1. The van der Waals surface area contributed by atoms with Crippen molar-refractivity contribution in [1.82, 2.24) is 15.1 Å². The highest BCUT2D eigenvalue weighted by Gasteiger charge is 2.27. The van der Waals surface area contributed by atoms with E-state index >= 15 is 0 Å². The van der Waals surface area contributed by atoms with Crippen molar-refractivity contribution in [3.05, 3.63) is 77.9 Å². The van der Waals surface area contributed by atoms with Crippen molar-refractivity contribution >= 4 is 24.0 Å². The first-order chi connectivity index (χ1) is 13.2. The molecule has 0 unspecified atom stereocenters. The fourth-order valence-corrected chi connectivity index (χ4v) is 3.55. The number of carbonyl (C=O) groups excluding carboxylic acids is 1. The van der Waals surface area contributed by atoms with E-state index < -0.39 is 5.82 Å². The van der Waals surface area contributed by atoms with Gasteiger partial charge in [-0.15, -0.1) is 12.4 Å². The van der Waals surface area contributed by atoms with Crippen molar-refractivity contribution in [2.24, 2.45) is 0 Å². The maximum atomic E-state index is 13.9. The van der Waals surface area contributed by atoms with Gasteiger partial charge in [0.25, 0.3) is 5.91 Å². The van der Waals surface area contributed by atoms with E-state index in [0.717, 1.165) is 37.3 Å². The standard InChI is InChI=1S/C21H21FN4O.ClH/c22-18-8-4-5-9-19(18)25-21(27)17-14-24-26(16-6-2-1-3-7-16)20(17)15-10-12-23-13-11-15;/h1-9,14-15,23H,10-13H2,(H,25,27);1H. The Morgan fingerprint density at radius 3 is 2.46 bits per heavy atom. The minimum atomic E-state index is -0.454. The zero-order valence-corrected chi connectivity index (χ0v) is 16.1. The molecule has 0 spiro atoms. The Hall–Kier alpha value is -2.70. The van der Waals surface area contributed by atoms with Crippen LogP contribution >= 0.6 is 12.4 Å². The lowest BCUT2D eigenvalue weighted by molar-refractivity contribution is 0.102. The molecule has 2 aromatic carbocycles. The maximum Gasteiger partial charge on any atom is 0.259 e. The van der Waals surface area contributed by atoms with Gasteiger partial charge in [0.1, 0.15) is 5.82 Å². The fourth-order valence-electron chi connectivity index (χ4n) is 3.55. The number of anilines is 1. The van der Waals surface area contributed by atoms with Gasteiger partial charge in [-0.2, -0.15) is 5.10 Å². The van der Waals surface area contributed by atoms with Gasteiger partial charge < -0.3 is 10.6 Å². The number of para-hydroxylation sites is 2. The first-order valence-corrected chi connectivity index (χ1v) is 9.14. The van der Waals surface area contributed by atoms with E-state index in [1.54, 1.807) is 24.4 Å². The quantitative estimate of drug-likeness (QED) is 0.691. The van der Waals surface area contributed by atoms with Crippen molar-refractivity contribution in [3.63, 3.8) is 0 Å². The summed E-state index contributed by atoms with van der Waals surface area (Å²) in [7, 11) is 0. The Balaban J connectivity index is 0.00000225. The summed E-state index contributed by atoms with van der Waals surface area (Å²) in [5.41, 5.74) is 2.47. The number of nitrogens with one attached hydrogen (secondary N) is 2. The molecule has 2 heterocycles. The van der Waals surface area contributed by atoms with Gasteiger partial charge in [0, 0.05) is 5.92 Å². The number of nitrogens with zero attached hydrogens (tertiary/aromatic N) is 2. The number of halogens is 2. The summed E-state index contributed by atoms with van der Waals surface area (Å²) in [5.74, 6) is -0.573. The Morgan fingerprint density at radius 1 is 1.07 bits per heavy atom. The van der Waals surface area contributed by atoms with Gasteiger partial charge in [0.15, 0.2) is 0 Å². The minimum Gasteiger partial charge on any atom is -0.319 e. The summed E-state index contributed by atoms with van der Waals surface area (Å²) in [5, 5.41) is 10.5. The van der Waals surface area contributed by atoms with Crippen LogP contribution in [0, 0.1) is 5.82 Å². The molecular weight excluding hydrogens is 379 g/mol. The third-order valence-corrected chi connectivity index (χ3v) is 4.90. The largest absolute Gasteiger partial charge is 0.319 e. The minimum absolute atomic E-state index is 0. The van der Waals surface area contributed by atoms with E-state index in [2.05, 4.69) is 15.7 Å². The second-order valence-corrected chi connectivity index (χ2v) is 6.65. The van der Waals surface area contributed by atoms with E-state index in [0.29, 0.717) is 5.56 Å². The zero-order valence-electron chi connectivity index (χ0n) is 15.3. The molecule has 2 N–H and O–H groups in total. The molecule has 1 aromatic heterocycles. The molecule has 0 bridgehead atoms. The summed E-state index contributed by atoms with van der Waals surface area (Å²) in [4.78, 5) is 12.9. The number of aromatic nitrogens is 2. The first kappa shape index (κ1) is 20.0. The van der Waals surface area contributed by atoms with Gasteiger partial charge in [-0.3, -0.25) is 4.79 Å². The van der Waals surface area contributed by atoms with Crippen LogP contribution in [-0.4, -0.2) is 28.8 Å². The Morgan fingerprint density at radius 2 is 1.75 bits per heavy atom. The molecule has 0 aliphatic carbocycles. The SMILES string of the molecule is Cl.O=C(Nc1ccccc1F)c1cnn(-c2ccccc2)c1C1CCNCC1. The lowest BCUT2D eigenvalue weighted by atomic mass is 9.91. The number of benzene rings is 2. The molecule has 4 rings (SSSR count). The molecule has 0 saturated carbocycles. The van der Waals surface area contributed by atoms with Crippen molar-refractivity contribution in [3.8, 4) is 5.69 Å². The lowest BCUT2D eigenvalue weighted by Crippen LogP contribution is -2.29. The lowest BCUT2D eigenvalue weighted by Gasteiger charge is -2.24. The second kappa shape index (κ2) is 8.99. The zero-order chi connectivity index (χ0) is 18.6. The summed E-state index contributed by atoms with van der Waals surface area (Å²) in [6.45, 7) is 1.80. The topological polar surface area (TPSA) is 59.0 Å². The van der Waals surface area contributed by atoms with Gasteiger partial charge in [-0.25, -0.2) is 9.07 Å². The molecule has 1 aliphatic heterocycles. The van der Waals surface area contributed by atoms with Crippen LogP contribution in [0.3, 0.4) is 0 Å². The van der Waals surface area contributed by atoms with Crippen molar-refractivity contribution in [2.45, 2.75) is 18.8 Å². The van der Waals surface area contributed by atoms with Crippen LogP contribution < -0.4 is 10.6 Å². The predicted molar refractivity (Wildman–Crippen MR) is 110 cm³/mol. The Kier molecular flexibility index (Phi) is 6.44. The summed E-state index contributed by atoms with van der Waals surface area (Å²) in [6, 6.07) is 16.0. The van der Waals surface area contributed by atoms with Gasteiger partial charge in [-0.05, 0) is 50.2 Å². The first-order valence-electron chi connectivity index (χ1n) is 9.14. The van der Waals surface area contributed by atoms with Crippen LogP contribution in [0.2, 0.25) is 0 Å². The number of hydrogen-bond donors (Lipinski definition) is 2. The summed E-state index contributed by atoms with van der Waals surface area (Å²) >= 11 is 0. The third-order valence-electron chi connectivity index (χ3n) is 4.90. The monoisotopic (exact) mass is 400 g/mol. The van der Waals surface area contributed by atoms with Gasteiger partial charge in [0.2, 0.25) is 0 Å². The second-order valence-electron chi connectivity index (χ2n) is 6.65. The maximum absolute atomic E-state index is 13.9. The van der Waals surface area contributed by atoms with E-state index in [1.165, 1.54) is 6.07 Å². The van der Waals surface area contributed by atoms with Crippen LogP contribution in [0.25, 0.3) is 5.69 Å². The van der Waals surface area contributed by atoms with E-state index in [9.17, 15) is 9.18 Å². The number of carbonyl (C=O) groups is 1. The van der Waals surface area contributed by atoms with Crippen LogP contribution in [-0.2, 0) is 0 Å². The fraction of sp³-hybridized carbons (Fsp3) is 0.238. The van der Waals surface area contributed by atoms with Gasteiger partial charge >= 0.3 is 0 Å². The molecule has 0 atom stereocenters. The van der Waals surface area contributed by atoms with Crippen LogP contribution in [0.15, 0.2) is 60.8 Å². The molecule has 1 fully saturated rings. The summed E-state index contributed by atoms with van der Waals surface area (Å²) in [6.07, 6.45) is 3.44. The highest BCUT2D eigenvalue weighted by molar-refractivity contribution is 6.05. The highest BCUT2D eigenvalue weighted by atomic mass is 35.5. The van der Waals surface area contributed by atoms with Crippen LogP contribution in [0.4, 0.5) is 10.1 Å². The molecule has 3 aromatic rings. The molecule has 7 heteroatoms. The normalized spacial score (nSPS) is 14.3. The molecular formula is C21H22ClFN4O. The highest BCUT2D eigenvalue weighted by Crippen LogP contribution is 2.30. The van der Waals surface area contributed by atoms with Crippen LogP contribution in [0.1, 0.15) is 34.8 Å². The average Bonchev–Trinajstić information content (AvgIpc) is 3.16. The van der Waals surface area contributed by atoms with E-state index in [-0.39, 0.29) is 29.9 Å². The Bertz CT molecular complexity index is 939. The molecule has 146 valence electrons. The number of hydrogen-bond acceptors (Lipinski definition) is 3. The van der Waals surface area contributed by atoms with Crippen molar-refractivity contribution in [2.75, 3.05) is 18.4 Å². The van der Waals surface area contributed by atoms with Crippen LogP contribution in [0.5, 0.6) is 0 Å². The molecule has 1 saturated heterocycles. The Labute approximate surface area is 169 Å². The van der Waals surface area contributed by atoms with E-state index in [1.807, 2.05) is 35.0 Å². The average molecular weight is 401 g/mol.